The fourth-order valence-corrected chi connectivity index (χ4v) is 3.76. The molecule has 0 bridgehead atoms. The number of primary amides is 1. The van der Waals surface area contributed by atoms with Crippen LogP contribution >= 0.6 is 11.6 Å². The molecular formula is C22H25ClN4O3. The predicted molar refractivity (Wildman–Crippen MR) is 116 cm³/mol. The lowest BCUT2D eigenvalue weighted by Gasteiger charge is -2.19. The van der Waals surface area contributed by atoms with Crippen molar-refractivity contribution in [2.24, 2.45) is 11.7 Å². The minimum Gasteiger partial charge on any atom is -0.368 e. The summed E-state index contributed by atoms with van der Waals surface area (Å²) in [4.78, 5) is 38.6. The molecule has 3 amide bonds. The molecule has 0 spiro atoms. The number of hydrogen-bond acceptors (Lipinski definition) is 4. The van der Waals surface area contributed by atoms with Crippen molar-refractivity contribution in [1.29, 1.82) is 0 Å². The van der Waals surface area contributed by atoms with Crippen molar-refractivity contribution in [3.63, 3.8) is 0 Å². The van der Waals surface area contributed by atoms with E-state index in [2.05, 4.69) is 15.5 Å². The summed E-state index contributed by atoms with van der Waals surface area (Å²) in [5.74, 6) is -1.34. The molecule has 7 nitrogen and oxygen atoms in total. The predicted octanol–water partition coefficient (Wildman–Crippen LogP) is 2.23. The van der Waals surface area contributed by atoms with Crippen molar-refractivity contribution >= 4 is 35.0 Å². The van der Waals surface area contributed by atoms with Gasteiger partial charge in [-0.05, 0) is 49.9 Å². The van der Waals surface area contributed by atoms with E-state index in [1.165, 1.54) is 6.92 Å². The van der Waals surface area contributed by atoms with Gasteiger partial charge in [0.1, 0.15) is 6.04 Å². The maximum absolute atomic E-state index is 13.0. The van der Waals surface area contributed by atoms with Gasteiger partial charge in [-0.1, -0.05) is 29.8 Å². The highest BCUT2D eigenvalue weighted by atomic mass is 35.5. The fraction of sp³-hybridized carbons (Fsp3) is 0.318. The Morgan fingerprint density at radius 1 is 1.13 bits per heavy atom. The molecule has 1 fully saturated rings. The third kappa shape index (κ3) is 5.17. The molecule has 1 heterocycles. The Morgan fingerprint density at radius 3 is 2.50 bits per heavy atom. The molecule has 1 saturated heterocycles. The van der Waals surface area contributed by atoms with E-state index in [1.54, 1.807) is 24.3 Å². The van der Waals surface area contributed by atoms with Crippen LogP contribution in [0.2, 0.25) is 5.02 Å². The lowest BCUT2D eigenvalue weighted by molar-refractivity contribution is -0.120. The van der Waals surface area contributed by atoms with Crippen molar-refractivity contribution in [2.45, 2.75) is 18.9 Å². The van der Waals surface area contributed by atoms with E-state index in [9.17, 15) is 14.4 Å². The molecule has 1 aliphatic rings. The Hall–Kier alpha value is -2.90. The number of amides is 3. The molecule has 1 aliphatic heterocycles. The van der Waals surface area contributed by atoms with Crippen molar-refractivity contribution in [3.05, 3.63) is 64.7 Å². The van der Waals surface area contributed by atoms with Crippen molar-refractivity contribution in [1.82, 2.24) is 10.2 Å². The Balaban J connectivity index is 1.72. The lowest BCUT2D eigenvalue weighted by atomic mass is 9.88. The average Bonchev–Trinajstić information content (AvgIpc) is 3.10. The van der Waals surface area contributed by atoms with Crippen LogP contribution in [0.4, 0.5) is 5.69 Å². The van der Waals surface area contributed by atoms with Gasteiger partial charge in [0.05, 0.1) is 5.92 Å². The Kier molecular flexibility index (Phi) is 6.74. The minimum absolute atomic E-state index is 0.0511. The maximum Gasteiger partial charge on any atom is 0.251 e. The van der Waals surface area contributed by atoms with E-state index in [-0.39, 0.29) is 17.7 Å². The monoisotopic (exact) mass is 428 g/mol. The number of carbonyl (C=O) groups excluding carboxylic acids is 3. The summed E-state index contributed by atoms with van der Waals surface area (Å²) in [6.07, 6.45) is 0. The number of hydrogen-bond donors (Lipinski definition) is 3. The van der Waals surface area contributed by atoms with Gasteiger partial charge in [-0.15, -0.1) is 0 Å². The quantitative estimate of drug-likeness (QED) is 0.656. The number of halogens is 1. The van der Waals surface area contributed by atoms with Gasteiger partial charge in [-0.2, -0.15) is 0 Å². The van der Waals surface area contributed by atoms with Gasteiger partial charge in [0, 0.05) is 35.3 Å². The Labute approximate surface area is 180 Å². The van der Waals surface area contributed by atoms with Gasteiger partial charge in [-0.25, -0.2) is 0 Å². The van der Waals surface area contributed by atoms with Crippen LogP contribution in [0.3, 0.4) is 0 Å². The molecule has 0 aliphatic carbocycles. The summed E-state index contributed by atoms with van der Waals surface area (Å²) in [7, 11) is 1.99. The zero-order chi connectivity index (χ0) is 21.8. The number of likely N-dealkylation sites (tertiary alicyclic amines) is 1. The van der Waals surface area contributed by atoms with E-state index >= 15 is 0 Å². The second-order valence-corrected chi connectivity index (χ2v) is 8.09. The first-order chi connectivity index (χ1) is 14.2. The van der Waals surface area contributed by atoms with Crippen LogP contribution in [0.25, 0.3) is 0 Å². The highest BCUT2D eigenvalue weighted by molar-refractivity contribution is 6.30. The van der Waals surface area contributed by atoms with Gasteiger partial charge in [-0.3, -0.25) is 14.4 Å². The number of nitrogens with zero attached hydrogens (tertiary/aromatic N) is 1. The largest absolute Gasteiger partial charge is 0.368 e. The number of rotatable bonds is 6. The van der Waals surface area contributed by atoms with Gasteiger partial charge in [0.2, 0.25) is 11.8 Å². The van der Waals surface area contributed by atoms with Crippen LogP contribution in [0.15, 0.2) is 48.5 Å². The topological polar surface area (TPSA) is 105 Å². The molecule has 0 radical (unpaired) electrons. The number of likely N-dealkylation sites (N-methyl/N-ethyl adjacent to an activating group) is 1. The van der Waals surface area contributed by atoms with Crippen LogP contribution in [-0.2, 0) is 9.59 Å². The smallest absolute Gasteiger partial charge is 0.251 e. The fourth-order valence-electron chi connectivity index (χ4n) is 3.64. The number of carbonyl (C=O) groups is 3. The summed E-state index contributed by atoms with van der Waals surface area (Å²) in [5.41, 5.74) is 7.10. The first-order valence-corrected chi connectivity index (χ1v) is 10.1. The van der Waals surface area contributed by atoms with Crippen LogP contribution in [0.5, 0.6) is 0 Å². The molecular weight excluding hydrogens is 404 g/mol. The number of anilines is 1. The molecule has 4 N–H and O–H groups in total. The summed E-state index contributed by atoms with van der Waals surface area (Å²) in [5, 5.41) is 6.11. The standard InChI is InChI=1S/C22H25ClN4O3/c1-13(20(24)28)25-21(29)15-4-3-5-17(10-15)26-22(30)19-12-27(2)11-18(19)14-6-8-16(23)9-7-14/h3-10,13,18-19H,11-12H2,1-2H3,(H2,24,28)(H,25,29)(H,26,30). The van der Waals surface area contributed by atoms with Crippen molar-refractivity contribution in [2.75, 3.05) is 25.5 Å². The zero-order valence-corrected chi connectivity index (χ0v) is 17.6. The van der Waals surface area contributed by atoms with Gasteiger partial charge in [0.15, 0.2) is 0 Å². The van der Waals surface area contributed by atoms with Crippen LogP contribution in [-0.4, -0.2) is 48.8 Å². The summed E-state index contributed by atoms with van der Waals surface area (Å²) in [6, 6.07) is 13.4. The van der Waals surface area contributed by atoms with Gasteiger partial charge < -0.3 is 21.3 Å². The number of nitrogens with one attached hydrogen (secondary N) is 2. The Morgan fingerprint density at radius 2 is 1.83 bits per heavy atom. The minimum atomic E-state index is -0.787. The van der Waals surface area contributed by atoms with Crippen LogP contribution < -0.4 is 16.4 Å². The van der Waals surface area contributed by atoms with Crippen LogP contribution in [0, 0.1) is 5.92 Å². The SMILES string of the molecule is CC(NC(=O)c1cccc(NC(=O)C2CN(C)CC2c2ccc(Cl)cc2)c1)C(N)=O. The highest BCUT2D eigenvalue weighted by Gasteiger charge is 2.37. The normalized spacial score (nSPS) is 19.8. The zero-order valence-electron chi connectivity index (χ0n) is 16.9. The third-order valence-corrected chi connectivity index (χ3v) is 5.56. The van der Waals surface area contributed by atoms with Crippen molar-refractivity contribution in [3.8, 4) is 0 Å². The van der Waals surface area contributed by atoms with E-state index in [4.69, 9.17) is 17.3 Å². The number of benzene rings is 2. The van der Waals surface area contributed by atoms with Gasteiger partial charge >= 0.3 is 0 Å². The van der Waals surface area contributed by atoms with Gasteiger partial charge in [0.25, 0.3) is 5.91 Å². The highest BCUT2D eigenvalue weighted by Crippen LogP contribution is 2.33. The number of nitrogens with two attached hydrogens (primary N) is 1. The summed E-state index contributed by atoms with van der Waals surface area (Å²) in [6.45, 7) is 2.92. The Bertz CT molecular complexity index is 948. The second-order valence-electron chi connectivity index (χ2n) is 7.65. The molecule has 0 saturated carbocycles. The van der Waals surface area contributed by atoms with E-state index in [0.29, 0.717) is 22.8 Å². The molecule has 3 rings (SSSR count). The van der Waals surface area contributed by atoms with E-state index in [1.807, 2.05) is 31.3 Å². The lowest BCUT2D eigenvalue weighted by Crippen LogP contribution is -2.42. The second kappa shape index (κ2) is 9.28. The van der Waals surface area contributed by atoms with E-state index < -0.39 is 17.9 Å². The molecule has 3 unspecified atom stereocenters. The average molecular weight is 429 g/mol. The molecule has 8 heteroatoms. The molecule has 2 aromatic carbocycles. The molecule has 3 atom stereocenters. The van der Waals surface area contributed by atoms with Crippen molar-refractivity contribution < 1.29 is 14.4 Å². The van der Waals surface area contributed by atoms with E-state index in [0.717, 1.165) is 12.1 Å². The third-order valence-electron chi connectivity index (χ3n) is 5.30. The molecule has 2 aromatic rings. The molecule has 0 aromatic heterocycles. The van der Waals surface area contributed by atoms with Crippen LogP contribution in [0.1, 0.15) is 28.8 Å². The molecule has 30 heavy (non-hydrogen) atoms. The first kappa shape index (κ1) is 21.8. The maximum atomic E-state index is 13.0. The first-order valence-electron chi connectivity index (χ1n) is 9.69. The molecule has 158 valence electrons. The summed E-state index contributed by atoms with van der Waals surface area (Å²) >= 11 is 5.99. The summed E-state index contributed by atoms with van der Waals surface area (Å²) < 4.78 is 0.